The molecule has 0 spiro atoms. The Hall–Kier alpha value is -2.71. The first-order valence-electron chi connectivity index (χ1n) is 14.1. The number of piperazine rings is 1. The molecule has 3 amide bonds. The minimum Gasteiger partial charge on any atom is -0.462 e. The highest BCUT2D eigenvalue weighted by Gasteiger charge is 2.52. The molecule has 1 aromatic heterocycles. The van der Waals surface area contributed by atoms with Gasteiger partial charge in [-0.05, 0) is 83.5 Å². The molecule has 9 nitrogen and oxygen atoms in total. The number of amides is 3. The van der Waals surface area contributed by atoms with Crippen LogP contribution in [0.1, 0.15) is 98.1 Å². The number of nitrogens with one attached hydrogen (secondary N) is 1. The summed E-state index contributed by atoms with van der Waals surface area (Å²) in [6, 6.07) is -0.146. The Balaban J connectivity index is 1.29. The normalized spacial score (nSPS) is 30.4. The quantitative estimate of drug-likeness (QED) is 0.584. The third kappa shape index (κ3) is 5.06. The fourth-order valence-corrected chi connectivity index (χ4v) is 7.78. The van der Waals surface area contributed by atoms with Gasteiger partial charge < -0.3 is 19.9 Å². The van der Waals surface area contributed by atoms with Gasteiger partial charge in [-0.15, -0.1) is 0 Å². The number of rotatable bonds is 6. The van der Waals surface area contributed by atoms with Crippen LogP contribution in [0.2, 0.25) is 0 Å². The zero-order valence-corrected chi connectivity index (χ0v) is 22.7. The van der Waals surface area contributed by atoms with E-state index in [2.05, 4.69) is 15.3 Å². The summed E-state index contributed by atoms with van der Waals surface area (Å²) >= 11 is 0. The molecule has 9 heteroatoms. The Labute approximate surface area is 219 Å². The third-order valence-electron chi connectivity index (χ3n) is 8.85. The predicted octanol–water partition coefficient (Wildman–Crippen LogP) is 3.74. The van der Waals surface area contributed by atoms with E-state index in [1.54, 1.807) is 18.7 Å². The molecule has 4 bridgehead atoms. The summed E-state index contributed by atoms with van der Waals surface area (Å²) in [7, 11) is 0. The van der Waals surface area contributed by atoms with Crippen molar-refractivity contribution in [1.82, 2.24) is 25.1 Å². The summed E-state index contributed by atoms with van der Waals surface area (Å²) in [6.45, 7) is 8.91. The van der Waals surface area contributed by atoms with Gasteiger partial charge in [-0.1, -0.05) is 13.3 Å². The smallest absolute Gasteiger partial charge is 0.342 e. The van der Waals surface area contributed by atoms with Gasteiger partial charge in [-0.2, -0.15) is 0 Å². The standard InChI is InChI=1S/C28H41N5O4/c1-5-7-22-23(26(35)37-6-2)24(30-18(4)29-22)25(34)32-8-9-33(17(3)16-32)27(36)31-28-13-19-10-20(14-28)12-21(11-19)15-28/h17,19-21H,5-16H2,1-4H3,(H,31,36). The van der Waals surface area contributed by atoms with Crippen molar-refractivity contribution < 1.29 is 19.1 Å². The van der Waals surface area contributed by atoms with Gasteiger partial charge in [0.15, 0.2) is 0 Å². The molecule has 1 aliphatic heterocycles. The average Bonchev–Trinajstić information content (AvgIpc) is 2.82. The molecule has 0 aromatic carbocycles. The van der Waals surface area contributed by atoms with E-state index in [9.17, 15) is 14.4 Å². The maximum Gasteiger partial charge on any atom is 0.342 e. The first-order chi connectivity index (χ1) is 17.7. The number of carbonyl (C=O) groups excluding carboxylic acids is 3. The van der Waals surface area contributed by atoms with Crippen molar-refractivity contribution >= 4 is 17.9 Å². The summed E-state index contributed by atoms with van der Waals surface area (Å²) < 4.78 is 5.27. The minimum absolute atomic E-state index is 0.00289. The summed E-state index contributed by atoms with van der Waals surface area (Å²) in [5.41, 5.74) is 0.793. The van der Waals surface area contributed by atoms with Crippen LogP contribution >= 0.6 is 0 Å². The first-order valence-corrected chi connectivity index (χ1v) is 14.1. The highest BCUT2D eigenvalue weighted by Crippen LogP contribution is 2.55. The van der Waals surface area contributed by atoms with Crippen molar-refractivity contribution in [3.05, 3.63) is 22.8 Å². The van der Waals surface area contributed by atoms with Crippen molar-refractivity contribution in [2.45, 2.75) is 90.6 Å². The van der Waals surface area contributed by atoms with E-state index in [-0.39, 0.29) is 41.4 Å². The van der Waals surface area contributed by atoms with Crippen molar-refractivity contribution in [3.8, 4) is 0 Å². The third-order valence-corrected chi connectivity index (χ3v) is 8.85. The summed E-state index contributed by atoms with van der Waals surface area (Å²) in [6.07, 6.45) is 8.69. The number of hydrogen-bond donors (Lipinski definition) is 1. The lowest BCUT2D eigenvalue weighted by atomic mass is 9.53. The van der Waals surface area contributed by atoms with Gasteiger partial charge in [0.1, 0.15) is 17.1 Å². The van der Waals surface area contributed by atoms with Gasteiger partial charge in [0, 0.05) is 31.2 Å². The van der Waals surface area contributed by atoms with E-state index in [4.69, 9.17) is 4.74 Å². The van der Waals surface area contributed by atoms with Crippen LogP contribution in [0, 0.1) is 24.7 Å². The summed E-state index contributed by atoms with van der Waals surface area (Å²) in [5.74, 6) is 1.89. The minimum atomic E-state index is -0.559. The molecular formula is C28H41N5O4. The zero-order valence-electron chi connectivity index (χ0n) is 22.7. The number of carbonyl (C=O) groups is 3. The summed E-state index contributed by atoms with van der Waals surface area (Å²) in [5, 5.41) is 3.47. The van der Waals surface area contributed by atoms with E-state index in [0.29, 0.717) is 37.6 Å². The van der Waals surface area contributed by atoms with E-state index in [1.165, 1.54) is 19.3 Å². The molecule has 1 saturated heterocycles. The SMILES string of the molecule is CCCc1nc(C)nc(C(=O)N2CCN(C(=O)NC34CC5CC(CC(C5)C3)C4)C(C)C2)c1C(=O)OCC. The molecular weight excluding hydrogens is 470 g/mol. The zero-order chi connectivity index (χ0) is 26.3. The highest BCUT2D eigenvalue weighted by atomic mass is 16.5. The lowest BCUT2D eigenvalue weighted by Crippen LogP contribution is -2.65. The second-order valence-corrected chi connectivity index (χ2v) is 11.8. The molecule has 1 atom stereocenters. The fourth-order valence-electron chi connectivity index (χ4n) is 7.78. The average molecular weight is 512 g/mol. The number of hydrogen-bond acceptors (Lipinski definition) is 6. The van der Waals surface area contributed by atoms with Crippen LogP contribution in [-0.2, 0) is 11.2 Å². The number of nitrogens with zero attached hydrogens (tertiary/aromatic N) is 4. The number of esters is 1. The lowest BCUT2D eigenvalue weighted by Gasteiger charge is -2.57. The molecule has 5 aliphatic rings. The topological polar surface area (TPSA) is 105 Å². The van der Waals surface area contributed by atoms with Crippen LogP contribution < -0.4 is 5.32 Å². The molecule has 1 aromatic rings. The Morgan fingerprint density at radius 1 is 1.03 bits per heavy atom. The van der Waals surface area contributed by atoms with E-state index >= 15 is 0 Å². The molecule has 5 fully saturated rings. The molecule has 1 unspecified atom stereocenters. The van der Waals surface area contributed by atoms with Crippen molar-refractivity contribution in [1.29, 1.82) is 0 Å². The monoisotopic (exact) mass is 511 g/mol. The Bertz CT molecular complexity index is 1040. The van der Waals surface area contributed by atoms with Gasteiger partial charge >= 0.3 is 12.0 Å². The molecule has 6 rings (SSSR count). The first kappa shape index (κ1) is 25.9. The lowest BCUT2D eigenvalue weighted by molar-refractivity contribution is -0.0176. The van der Waals surface area contributed by atoms with Crippen molar-refractivity contribution in [3.63, 3.8) is 0 Å². The number of aryl methyl sites for hydroxylation is 2. The maximum absolute atomic E-state index is 13.7. The number of urea groups is 1. The van der Waals surface area contributed by atoms with Crippen LogP contribution in [0.15, 0.2) is 0 Å². The van der Waals surface area contributed by atoms with Gasteiger partial charge in [0.25, 0.3) is 5.91 Å². The van der Waals surface area contributed by atoms with E-state index < -0.39 is 5.97 Å². The van der Waals surface area contributed by atoms with Crippen molar-refractivity contribution in [2.24, 2.45) is 17.8 Å². The van der Waals surface area contributed by atoms with Crippen molar-refractivity contribution in [2.75, 3.05) is 26.2 Å². The van der Waals surface area contributed by atoms with Gasteiger partial charge in [-0.25, -0.2) is 19.6 Å². The van der Waals surface area contributed by atoms with Crippen LogP contribution in [0.4, 0.5) is 4.79 Å². The molecule has 4 aliphatic carbocycles. The Kier molecular flexibility index (Phi) is 7.16. The maximum atomic E-state index is 13.7. The Morgan fingerprint density at radius 2 is 1.68 bits per heavy atom. The predicted molar refractivity (Wildman–Crippen MR) is 138 cm³/mol. The number of aromatic nitrogens is 2. The molecule has 37 heavy (non-hydrogen) atoms. The molecule has 4 saturated carbocycles. The van der Waals surface area contributed by atoms with Crippen LogP contribution in [0.3, 0.4) is 0 Å². The molecule has 2 heterocycles. The van der Waals surface area contributed by atoms with Gasteiger partial charge in [0.2, 0.25) is 0 Å². The van der Waals surface area contributed by atoms with Gasteiger partial charge in [0.05, 0.1) is 12.3 Å². The molecule has 0 radical (unpaired) electrons. The van der Waals surface area contributed by atoms with Crippen LogP contribution in [-0.4, -0.2) is 75.5 Å². The Morgan fingerprint density at radius 3 is 2.24 bits per heavy atom. The van der Waals surface area contributed by atoms with Gasteiger partial charge in [-0.3, -0.25) is 4.79 Å². The molecule has 202 valence electrons. The van der Waals surface area contributed by atoms with Crippen LogP contribution in [0.25, 0.3) is 0 Å². The molecule has 1 N–H and O–H groups in total. The largest absolute Gasteiger partial charge is 0.462 e. The van der Waals surface area contributed by atoms with E-state index in [0.717, 1.165) is 43.4 Å². The number of ether oxygens (including phenoxy) is 1. The van der Waals surface area contributed by atoms with Crippen LogP contribution in [0.5, 0.6) is 0 Å². The second-order valence-electron chi connectivity index (χ2n) is 11.8. The highest BCUT2D eigenvalue weighted by molar-refractivity contribution is 6.04. The fraction of sp³-hybridized carbons (Fsp3) is 0.750. The summed E-state index contributed by atoms with van der Waals surface area (Å²) in [4.78, 5) is 52.4. The van der Waals surface area contributed by atoms with E-state index in [1.807, 2.05) is 18.7 Å². The second kappa shape index (κ2) is 10.2.